The van der Waals surface area contributed by atoms with Gasteiger partial charge in [-0.15, -0.1) is 0 Å². The van der Waals surface area contributed by atoms with Gasteiger partial charge in [0.2, 0.25) is 0 Å². The van der Waals surface area contributed by atoms with Crippen molar-refractivity contribution in [2.45, 2.75) is 59.0 Å². The Morgan fingerprint density at radius 3 is 2.50 bits per heavy atom. The van der Waals surface area contributed by atoms with Crippen LogP contribution < -0.4 is 0 Å². The first-order valence-electron chi connectivity index (χ1n) is 7.25. The molecule has 0 aromatic heterocycles. The molecular weight excluding hydrogens is 220 g/mol. The Morgan fingerprint density at radius 2 is 1.89 bits per heavy atom. The van der Waals surface area contributed by atoms with Crippen molar-refractivity contribution in [1.29, 1.82) is 0 Å². The van der Waals surface area contributed by atoms with Gasteiger partial charge in [-0.3, -0.25) is 0 Å². The SMILES string of the molecule is Cc1ccc(C2(O)CCCCC2C(C)C)cc1C. The summed E-state index contributed by atoms with van der Waals surface area (Å²) in [5.41, 5.74) is 3.11. The quantitative estimate of drug-likeness (QED) is 0.823. The topological polar surface area (TPSA) is 20.2 Å². The molecule has 1 aliphatic rings. The van der Waals surface area contributed by atoms with E-state index in [1.54, 1.807) is 0 Å². The lowest BCUT2D eigenvalue weighted by molar-refractivity contribution is -0.0721. The summed E-state index contributed by atoms with van der Waals surface area (Å²) < 4.78 is 0. The number of hydrogen-bond acceptors (Lipinski definition) is 1. The van der Waals surface area contributed by atoms with E-state index in [1.165, 1.54) is 17.5 Å². The van der Waals surface area contributed by atoms with Gasteiger partial charge in [-0.2, -0.15) is 0 Å². The smallest absolute Gasteiger partial charge is 0.0927 e. The minimum Gasteiger partial charge on any atom is -0.385 e. The first-order chi connectivity index (χ1) is 8.45. The third kappa shape index (κ3) is 2.33. The maximum absolute atomic E-state index is 11.2. The summed E-state index contributed by atoms with van der Waals surface area (Å²) in [6, 6.07) is 6.47. The van der Waals surface area contributed by atoms with Gasteiger partial charge in [-0.25, -0.2) is 0 Å². The second kappa shape index (κ2) is 5.05. The summed E-state index contributed by atoms with van der Waals surface area (Å²) in [4.78, 5) is 0. The molecule has 1 N–H and O–H groups in total. The molecule has 0 radical (unpaired) electrons. The summed E-state index contributed by atoms with van der Waals surface area (Å²) >= 11 is 0. The lowest BCUT2D eigenvalue weighted by Gasteiger charge is -2.43. The van der Waals surface area contributed by atoms with Crippen LogP contribution in [0.2, 0.25) is 0 Å². The van der Waals surface area contributed by atoms with Gasteiger partial charge >= 0.3 is 0 Å². The van der Waals surface area contributed by atoms with Gasteiger partial charge in [0, 0.05) is 0 Å². The Kier molecular flexibility index (Phi) is 3.82. The van der Waals surface area contributed by atoms with Crippen LogP contribution in [0, 0.1) is 25.7 Å². The van der Waals surface area contributed by atoms with Crippen LogP contribution in [0.3, 0.4) is 0 Å². The van der Waals surface area contributed by atoms with Gasteiger partial charge in [-0.05, 0) is 55.2 Å². The predicted octanol–water partition coefficient (Wildman–Crippen LogP) is 4.34. The zero-order valence-electron chi connectivity index (χ0n) is 12.2. The molecule has 0 amide bonds. The van der Waals surface area contributed by atoms with Crippen molar-refractivity contribution in [3.05, 3.63) is 34.9 Å². The minimum atomic E-state index is -0.606. The summed E-state index contributed by atoms with van der Waals surface area (Å²) in [5, 5.41) is 11.2. The standard InChI is InChI=1S/C17H26O/c1-12(2)16-7-5-6-10-17(16,18)15-9-8-13(3)14(4)11-15/h8-9,11-12,16,18H,5-7,10H2,1-4H3. The fourth-order valence-electron chi connectivity index (χ4n) is 3.44. The number of benzene rings is 1. The molecule has 1 heteroatoms. The van der Waals surface area contributed by atoms with Crippen LogP contribution in [-0.4, -0.2) is 5.11 Å². The van der Waals surface area contributed by atoms with E-state index < -0.39 is 5.60 Å². The maximum Gasteiger partial charge on any atom is 0.0927 e. The first-order valence-corrected chi connectivity index (χ1v) is 7.25. The van der Waals surface area contributed by atoms with Crippen LogP contribution in [0.1, 0.15) is 56.2 Å². The Balaban J connectivity index is 2.40. The summed E-state index contributed by atoms with van der Waals surface area (Å²) in [5.74, 6) is 0.935. The molecule has 0 spiro atoms. The van der Waals surface area contributed by atoms with Gasteiger partial charge in [0.25, 0.3) is 0 Å². The Bertz CT molecular complexity index is 422. The largest absolute Gasteiger partial charge is 0.385 e. The van der Waals surface area contributed by atoms with Crippen LogP contribution in [0.5, 0.6) is 0 Å². The molecule has 1 aromatic carbocycles. The minimum absolute atomic E-state index is 0.397. The molecule has 1 aliphatic carbocycles. The third-order valence-electron chi connectivity index (χ3n) is 4.75. The van der Waals surface area contributed by atoms with E-state index in [0.717, 1.165) is 24.8 Å². The molecule has 0 saturated heterocycles. The highest BCUT2D eigenvalue weighted by molar-refractivity contribution is 5.34. The van der Waals surface area contributed by atoms with Gasteiger partial charge in [0.1, 0.15) is 0 Å². The molecule has 1 fully saturated rings. The zero-order valence-corrected chi connectivity index (χ0v) is 12.2. The average Bonchev–Trinajstić information content (AvgIpc) is 2.32. The molecular formula is C17H26O. The second-order valence-electron chi connectivity index (χ2n) is 6.32. The van der Waals surface area contributed by atoms with E-state index in [0.29, 0.717) is 11.8 Å². The van der Waals surface area contributed by atoms with Crippen molar-refractivity contribution in [2.24, 2.45) is 11.8 Å². The lowest BCUT2D eigenvalue weighted by Crippen LogP contribution is -2.40. The number of aliphatic hydroxyl groups is 1. The molecule has 1 saturated carbocycles. The number of hydrogen-bond donors (Lipinski definition) is 1. The fourth-order valence-corrected chi connectivity index (χ4v) is 3.44. The summed E-state index contributed by atoms with van der Waals surface area (Å²) in [6.45, 7) is 8.74. The zero-order chi connectivity index (χ0) is 13.3. The van der Waals surface area contributed by atoms with Crippen molar-refractivity contribution in [3.8, 4) is 0 Å². The van der Waals surface area contributed by atoms with Gasteiger partial charge in [-0.1, -0.05) is 44.9 Å². The van der Waals surface area contributed by atoms with Crippen molar-refractivity contribution in [1.82, 2.24) is 0 Å². The molecule has 1 aromatic rings. The van der Waals surface area contributed by atoms with E-state index in [9.17, 15) is 5.11 Å². The van der Waals surface area contributed by atoms with Gasteiger partial charge < -0.3 is 5.11 Å². The molecule has 0 aliphatic heterocycles. The van der Waals surface area contributed by atoms with E-state index in [2.05, 4.69) is 45.9 Å². The van der Waals surface area contributed by atoms with Crippen LogP contribution in [0.25, 0.3) is 0 Å². The molecule has 2 unspecified atom stereocenters. The third-order valence-corrected chi connectivity index (χ3v) is 4.75. The van der Waals surface area contributed by atoms with Gasteiger partial charge in [0.15, 0.2) is 0 Å². The van der Waals surface area contributed by atoms with Crippen LogP contribution >= 0.6 is 0 Å². The van der Waals surface area contributed by atoms with Crippen molar-refractivity contribution >= 4 is 0 Å². The molecule has 2 atom stereocenters. The van der Waals surface area contributed by atoms with Crippen LogP contribution in [0.15, 0.2) is 18.2 Å². The van der Waals surface area contributed by atoms with Crippen molar-refractivity contribution < 1.29 is 5.11 Å². The Morgan fingerprint density at radius 1 is 1.17 bits per heavy atom. The van der Waals surface area contributed by atoms with Crippen molar-refractivity contribution in [3.63, 3.8) is 0 Å². The molecule has 18 heavy (non-hydrogen) atoms. The van der Waals surface area contributed by atoms with Crippen LogP contribution in [0.4, 0.5) is 0 Å². The summed E-state index contributed by atoms with van der Waals surface area (Å²) in [6.07, 6.45) is 4.47. The normalized spacial score (nSPS) is 28.7. The Hall–Kier alpha value is -0.820. The highest BCUT2D eigenvalue weighted by Gasteiger charge is 2.41. The van der Waals surface area contributed by atoms with E-state index in [-0.39, 0.29) is 0 Å². The number of rotatable bonds is 2. The van der Waals surface area contributed by atoms with E-state index in [1.807, 2.05) is 0 Å². The maximum atomic E-state index is 11.2. The fraction of sp³-hybridized carbons (Fsp3) is 0.647. The molecule has 100 valence electrons. The first kappa shape index (κ1) is 13.6. The second-order valence-corrected chi connectivity index (χ2v) is 6.32. The molecule has 2 rings (SSSR count). The van der Waals surface area contributed by atoms with E-state index in [4.69, 9.17) is 0 Å². The highest BCUT2D eigenvalue weighted by Crippen LogP contribution is 2.45. The predicted molar refractivity (Wildman–Crippen MR) is 76.6 cm³/mol. The average molecular weight is 246 g/mol. The number of aryl methyl sites for hydroxylation is 2. The van der Waals surface area contributed by atoms with E-state index >= 15 is 0 Å². The van der Waals surface area contributed by atoms with Gasteiger partial charge in [0.05, 0.1) is 5.60 Å². The van der Waals surface area contributed by atoms with Crippen molar-refractivity contribution in [2.75, 3.05) is 0 Å². The van der Waals surface area contributed by atoms with Crippen LogP contribution in [-0.2, 0) is 5.60 Å². The summed E-state index contributed by atoms with van der Waals surface area (Å²) in [7, 11) is 0. The Labute approximate surface area is 111 Å². The molecule has 0 bridgehead atoms. The lowest BCUT2D eigenvalue weighted by atomic mass is 9.67. The monoisotopic (exact) mass is 246 g/mol. The highest BCUT2D eigenvalue weighted by atomic mass is 16.3. The molecule has 0 heterocycles. The molecule has 1 nitrogen and oxygen atoms in total.